The Kier molecular flexibility index (Phi) is 5.06. The lowest BCUT2D eigenvalue weighted by Crippen LogP contribution is -2.03. The largest absolute Gasteiger partial charge is 0.507 e. The monoisotopic (exact) mass is 282 g/mol. The summed E-state index contributed by atoms with van der Waals surface area (Å²) in [6.45, 7) is 8.78. The zero-order chi connectivity index (χ0) is 15.4. The van der Waals surface area contributed by atoms with E-state index in [-0.39, 0.29) is 0 Å². The van der Waals surface area contributed by atoms with Gasteiger partial charge >= 0.3 is 0 Å². The molecule has 112 valence electrons. The SMILES string of the molecule is CCCCc1c(C)cc(O)c(-c2ccccc2)c1C(C)C. The standard InChI is InChI=1S/C20H26O/c1-5-6-12-17-15(4)13-18(21)20(19(17)14(2)3)16-10-8-7-9-11-16/h7-11,13-14,21H,5-6,12H2,1-4H3. The van der Waals surface area contributed by atoms with Gasteiger partial charge in [0.1, 0.15) is 5.75 Å². The van der Waals surface area contributed by atoms with E-state index in [1.807, 2.05) is 24.3 Å². The molecule has 0 aromatic heterocycles. The summed E-state index contributed by atoms with van der Waals surface area (Å²) in [5.74, 6) is 0.806. The van der Waals surface area contributed by atoms with Crippen molar-refractivity contribution in [3.8, 4) is 16.9 Å². The Morgan fingerprint density at radius 2 is 1.76 bits per heavy atom. The molecule has 2 aromatic rings. The topological polar surface area (TPSA) is 20.2 Å². The number of benzene rings is 2. The van der Waals surface area contributed by atoms with Gasteiger partial charge in [-0.15, -0.1) is 0 Å². The molecule has 0 fully saturated rings. The average molecular weight is 282 g/mol. The first-order valence-corrected chi connectivity index (χ1v) is 7.97. The highest BCUT2D eigenvalue weighted by molar-refractivity contribution is 5.76. The van der Waals surface area contributed by atoms with E-state index in [0.717, 1.165) is 17.5 Å². The van der Waals surface area contributed by atoms with Crippen molar-refractivity contribution in [1.29, 1.82) is 0 Å². The highest BCUT2D eigenvalue weighted by Crippen LogP contribution is 2.40. The normalized spacial score (nSPS) is 11.1. The average Bonchev–Trinajstić information content (AvgIpc) is 2.46. The maximum atomic E-state index is 10.5. The van der Waals surface area contributed by atoms with E-state index in [1.54, 1.807) is 0 Å². The highest BCUT2D eigenvalue weighted by Gasteiger charge is 2.19. The van der Waals surface area contributed by atoms with Crippen LogP contribution in [0.5, 0.6) is 5.75 Å². The van der Waals surface area contributed by atoms with Crippen molar-refractivity contribution in [3.63, 3.8) is 0 Å². The predicted molar refractivity (Wildman–Crippen MR) is 91.0 cm³/mol. The van der Waals surface area contributed by atoms with Crippen LogP contribution in [-0.4, -0.2) is 5.11 Å². The van der Waals surface area contributed by atoms with Gasteiger partial charge in [-0.25, -0.2) is 0 Å². The lowest BCUT2D eigenvalue weighted by atomic mass is 9.84. The number of unbranched alkanes of at least 4 members (excludes halogenated alkanes) is 1. The molecular weight excluding hydrogens is 256 g/mol. The Bertz CT molecular complexity index is 597. The minimum atomic E-state index is 0.401. The number of aryl methyl sites for hydroxylation is 1. The van der Waals surface area contributed by atoms with Gasteiger partial charge < -0.3 is 5.11 Å². The van der Waals surface area contributed by atoms with Crippen LogP contribution in [0.15, 0.2) is 36.4 Å². The van der Waals surface area contributed by atoms with E-state index in [1.165, 1.54) is 29.5 Å². The minimum Gasteiger partial charge on any atom is -0.507 e. The van der Waals surface area contributed by atoms with E-state index in [2.05, 4.69) is 39.8 Å². The molecule has 0 saturated heterocycles. The number of rotatable bonds is 5. The smallest absolute Gasteiger partial charge is 0.123 e. The summed E-state index contributed by atoms with van der Waals surface area (Å²) in [4.78, 5) is 0. The second-order valence-electron chi connectivity index (χ2n) is 6.10. The lowest BCUT2D eigenvalue weighted by molar-refractivity contribution is 0.475. The summed E-state index contributed by atoms with van der Waals surface area (Å²) in [7, 11) is 0. The molecule has 2 rings (SSSR count). The molecule has 21 heavy (non-hydrogen) atoms. The summed E-state index contributed by atoms with van der Waals surface area (Å²) in [5, 5.41) is 10.5. The van der Waals surface area contributed by atoms with Gasteiger partial charge in [-0.05, 0) is 54.0 Å². The van der Waals surface area contributed by atoms with Gasteiger partial charge in [-0.2, -0.15) is 0 Å². The molecular formula is C20H26O. The molecule has 1 heteroatoms. The fourth-order valence-corrected chi connectivity index (χ4v) is 3.10. The molecule has 0 radical (unpaired) electrons. The second-order valence-corrected chi connectivity index (χ2v) is 6.10. The van der Waals surface area contributed by atoms with Gasteiger partial charge in [-0.1, -0.05) is 57.5 Å². The third-order valence-corrected chi connectivity index (χ3v) is 4.10. The molecule has 1 nitrogen and oxygen atoms in total. The molecule has 2 aromatic carbocycles. The van der Waals surface area contributed by atoms with Crippen molar-refractivity contribution in [2.24, 2.45) is 0 Å². The summed E-state index contributed by atoms with van der Waals surface area (Å²) >= 11 is 0. The van der Waals surface area contributed by atoms with Crippen LogP contribution in [0.2, 0.25) is 0 Å². The van der Waals surface area contributed by atoms with Crippen LogP contribution in [0, 0.1) is 6.92 Å². The van der Waals surface area contributed by atoms with Crippen LogP contribution in [0.4, 0.5) is 0 Å². The van der Waals surface area contributed by atoms with Crippen LogP contribution in [0.3, 0.4) is 0 Å². The molecule has 0 heterocycles. The van der Waals surface area contributed by atoms with Gasteiger partial charge in [-0.3, -0.25) is 0 Å². The number of phenols is 1. The maximum Gasteiger partial charge on any atom is 0.123 e. The van der Waals surface area contributed by atoms with Crippen molar-refractivity contribution in [3.05, 3.63) is 53.1 Å². The van der Waals surface area contributed by atoms with Crippen LogP contribution in [0.1, 0.15) is 56.2 Å². The van der Waals surface area contributed by atoms with E-state index in [0.29, 0.717) is 11.7 Å². The van der Waals surface area contributed by atoms with Gasteiger partial charge in [0.05, 0.1) is 0 Å². The molecule has 0 bridgehead atoms. The van der Waals surface area contributed by atoms with Gasteiger partial charge in [0.25, 0.3) is 0 Å². The maximum absolute atomic E-state index is 10.5. The first kappa shape index (κ1) is 15.6. The first-order chi connectivity index (χ1) is 10.1. The molecule has 0 saturated carbocycles. The van der Waals surface area contributed by atoms with Gasteiger partial charge in [0.2, 0.25) is 0 Å². The lowest BCUT2D eigenvalue weighted by Gasteiger charge is -2.22. The Morgan fingerprint density at radius 1 is 1.10 bits per heavy atom. The molecule has 0 aliphatic heterocycles. The number of phenolic OH excluding ortho intramolecular Hbond substituents is 1. The van der Waals surface area contributed by atoms with Crippen LogP contribution >= 0.6 is 0 Å². The minimum absolute atomic E-state index is 0.401. The number of hydrogen-bond acceptors (Lipinski definition) is 1. The van der Waals surface area contributed by atoms with Crippen molar-refractivity contribution < 1.29 is 5.11 Å². The molecule has 1 N–H and O–H groups in total. The van der Waals surface area contributed by atoms with Crippen molar-refractivity contribution in [2.75, 3.05) is 0 Å². The molecule has 0 amide bonds. The quantitative estimate of drug-likeness (QED) is 0.731. The third kappa shape index (κ3) is 3.29. The van der Waals surface area contributed by atoms with Gasteiger partial charge in [0.15, 0.2) is 0 Å². The van der Waals surface area contributed by atoms with Crippen molar-refractivity contribution in [1.82, 2.24) is 0 Å². The van der Waals surface area contributed by atoms with Crippen LogP contribution in [-0.2, 0) is 6.42 Å². The summed E-state index contributed by atoms with van der Waals surface area (Å²) in [6, 6.07) is 12.2. The van der Waals surface area contributed by atoms with E-state index >= 15 is 0 Å². The molecule has 0 atom stereocenters. The Labute approximate surface area is 128 Å². The van der Waals surface area contributed by atoms with Crippen molar-refractivity contribution in [2.45, 2.75) is 52.9 Å². The Balaban J connectivity index is 2.68. The van der Waals surface area contributed by atoms with E-state index < -0.39 is 0 Å². The molecule has 0 aliphatic carbocycles. The van der Waals surface area contributed by atoms with Crippen LogP contribution in [0.25, 0.3) is 11.1 Å². The Morgan fingerprint density at radius 3 is 2.33 bits per heavy atom. The zero-order valence-corrected chi connectivity index (χ0v) is 13.6. The van der Waals surface area contributed by atoms with Crippen molar-refractivity contribution >= 4 is 0 Å². The summed E-state index contributed by atoms with van der Waals surface area (Å²) in [5.41, 5.74) is 6.07. The number of aromatic hydroxyl groups is 1. The third-order valence-electron chi connectivity index (χ3n) is 4.10. The molecule has 0 aliphatic rings. The van der Waals surface area contributed by atoms with E-state index in [4.69, 9.17) is 0 Å². The summed E-state index contributed by atoms with van der Waals surface area (Å²) < 4.78 is 0. The second kappa shape index (κ2) is 6.80. The fourth-order valence-electron chi connectivity index (χ4n) is 3.10. The summed E-state index contributed by atoms with van der Waals surface area (Å²) in [6.07, 6.45) is 3.48. The Hall–Kier alpha value is -1.76. The zero-order valence-electron chi connectivity index (χ0n) is 13.6. The van der Waals surface area contributed by atoms with Crippen LogP contribution < -0.4 is 0 Å². The fraction of sp³-hybridized carbons (Fsp3) is 0.400. The molecule has 0 spiro atoms. The first-order valence-electron chi connectivity index (χ1n) is 7.97. The number of hydrogen-bond donors (Lipinski definition) is 1. The molecule has 0 unspecified atom stereocenters. The van der Waals surface area contributed by atoms with E-state index in [9.17, 15) is 5.11 Å². The highest BCUT2D eigenvalue weighted by atomic mass is 16.3. The predicted octanol–water partition coefficient (Wildman–Crippen LogP) is 5.83. The van der Waals surface area contributed by atoms with Gasteiger partial charge in [0, 0.05) is 5.56 Å².